The second-order valence-electron chi connectivity index (χ2n) is 6.76. The lowest BCUT2D eigenvalue weighted by atomic mass is 10.0. The van der Waals surface area contributed by atoms with Crippen molar-refractivity contribution in [2.24, 2.45) is 19.2 Å². The van der Waals surface area contributed by atoms with Crippen molar-refractivity contribution in [1.82, 2.24) is 24.1 Å². The zero-order valence-electron chi connectivity index (χ0n) is 15.9. The first-order valence-corrected chi connectivity index (χ1v) is 9.60. The highest BCUT2D eigenvalue weighted by molar-refractivity contribution is 9.10. The predicted octanol–water partition coefficient (Wildman–Crippen LogP) is 0.0341. The number of amides is 2. The molecule has 154 valence electrons. The number of carbonyl (C=O) groups excluding carboxylic acids is 2. The molecule has 0 aliphatic carbocycles. The summed E-state index contributed by atoms with van der Waals surface area (Å²) >= 11 is 3.37. The number of nitrogens with zero attached hydrogens (tertiary/aromatic N) is 5. The second kappa shape index (κ2) is 7.37. The van der Waals surface area contributed by atoms with Crippen LogP contribution in [0, 0.1) is 0 Å². The zero-order valence-corrected chi connectivity index (χ0v) is 17.5. The van der Waals surface area contributed by atoms with Gasteiger partial charge in [-0.05, 0) is 23.8 Å². The molecule has 0 saturated heterocycles. The van der Waals surface area contributed by atoms with E-state index in [2.05, 4.69) is 36.8 Å². The summed E-state index contributed by atoms with van der Waals surface area (Å²) in [5.41, 5.74) is 3.05. The van der Waals surface area contributed by atoms with E-state index in [0.717, 1.165) is 14.6 Å². The van der Waals surface area contributed by atoms with Gasteiger partial charge in [0.05, 0.1) is 6.33 Å². The number of benzene rings is 1. The number of fused-ring (bicyclic) bond motifs is 2. The molecular formula is C18H16BrN7O4. The van der Waals surface area contributed by atoms with E-state index in [0.29, 0.717) is 5.69 Å². The molecule has 3 heterocycles. The monoisotopic (exact) mass is 473 g/mol. The minimum Gasteiger partial charge on any atom is -0.325 e. The van der Waals surface area contributed by atoms with Gasteiger partial charge < -0.3 is 9.88 Å². The molecule has 11 nitrogen and oxygen atoms in total. The quantitative estimate of drug-likeness (QED) is 0.407. The van der Waals surface area contributed by atoms with Gasteiger partial charge in [0.15, 0.2) is 5.52 Å². The maximum absolute atomic E-state index is 12.3. The van der Waals surface area contributed by atoms with E-state index in [1.807, 2.05) is 12.1 Å². The molecule has 0 saturated carbocycles. The Kier molecular flexibility index (Phi) is 4.86. The molecule has 1 aliphatic rings. The number of carbonyl (C=O) groups is 2. The summed E-state index contributed by atoms with van der Waals surface area (Å²) in [6, 6.07) is 5.41. The second-order valence-corrected chi connectivity index (χ2v) is 7.68. The van der Waals surface area contributed by atoms with Gasteiger partial charge in [-0.1, -0.05) is 15.9 Å². The Morgan fingerprint density at radius 3 is 2.83 bits per heavy atom. The molecule has 2 amide bonds. The molecule has 2 N–H and O–H groups in total. The molecule has 1 aliphatic heterocycles. The first-order valence-electron chi connectivity index (χ1n) is 8.81. The third kappa shape index (κ3) is 3.24. The predicted molar refractivity (Wildman–Crippen MR) is 112 cm³/mol. The highest BCUT2D eigenvalue weighted by atomic mass is 79.9. The van der Waals surface area contributed by atoms with Crippen LogP contribution in [-0.2, 0) is 30.2 Å². The van der Waals surface area contributed by atoms with Crippen LogP contribution in [0.5, 0.6) is 0 Å². The summed E-state index contributed by atoms with van der Waals surface area (Å²) < 4.78 is 4.41. The Morgan fingerprint density at radius 2 is 2.07 bits per heavy atom. The molecule has 12 heteroatoms. The smallest absolute Gasteiger partial charge is 0.325 e. The third-order valence-corrected chi connectivity index (χ3v) is 5.32. The van der Waals surface area contributed by atoms with Crippen LogP contribution >= 0.6 is 15.9 Å². The number of imidazole rings is 1. The van der Waals surface area contributed by atoms with Gasteiger partial charge in [-0.3, -0.25) is 23.5 Å². The van der Waals surface area contributed by atoms with Crippen molar-refractivity contribution in [3.63, 3.8) is 0 Å². The van der Waals surface area contributed by atoms with Gasteiger partial charge in [-0.15, -0.1) is 0 Å². The van der Waals surface area contributed by atoms with Gasteiger partial charge in [0.1, 0.15) is 18.1 Å². The van der Waals surface area contributed by atoms with Crippen LogP contribution in [0.1, 0.15) is 11.5 Å². The molecule has 0 spiro atoms. The highest BCUT2D eigenvalue weighted by Gasteiger charge is 2.29. The molecule has 0 unspecified atom stereocenters. The molecule has 4 rings (SSSR count). The van der Waals surface area contributed by atoms with E-state index < -0.39 is 23.1 Å². The van der Waals surface area contributed by atoms with Crippen molar-refractivity contribution in [3.8, 4) is 0 Å². The molecule has 30 heavy (non-hydrogen) atoms. The number of hydrogen-bond acceptors (Lipinski definition) is 6. The van der Waals surface area contributed by atoms with Gasteiger partial charge in [0, 0.05) is 30.5 Å². The molecule has 2 aromatic heterocycles. The molecular weight excluding hydrogens is 458 g/mol. The topological polar surface area (TPSA) is 132 Å². The first kappa shape index (κ1) is 19.8. The van der Waals surface area contributed by atoms with Crippen LogP contribution in [0.15, 0.2) is 43.7 Å². The fourth-order valence-electron chi connectivity index (χ4n) is 3.33. The summed E-state index contributed by atoms with van der Waals surface area (Å²) in [5.74, 6) is -1.38. The van der Waals surface area contributed by atoms with Crippen LogP contribution in [0.2, 0.25) is 0 Å². The molecule has 0 bridgehead atoms. The summed E-state index contributed by atoms with van der Waals surface area (Å²) in [5, 5.41) is 6.65. The number of halogens is 1. The lowest BCUT2D eigenvalue weighted by Crippen LogP contribution is -2.37. The normalized spacial score (nSPS) is 15.6. The standard InChI is InChI=1S/C18H16BrN7O4/c1-24-16-14(17(29)25(2)18(24)30)20-8-26(16)7-13(27)23-21-6-11-10-5-9(19)3-4-12(10)22-15(11)28/h3-6,8,11H,7H2,1-2H3,(H,22,28)(H,23,27)/t11-/m0/s1. The summed E-state index contributed by atoms with van der Waals surface area (Å²) in [4.78, 5) is 52.8. The fraction of sp³-hybridized carbons (Fsp3) is 0.222. The molecule has 0 radical (unpaired) electrons. The summed E-state index contributed by atoms with van der Waals surface area (Å²) in [7, 11) is 2.85. The van der Waals surface area contributed by atoms with E-state index in [1.165, 1.54) is 35.8 Å². The van der Waals surface area contributed by atoms with Crippen molar-refractivity contribution >= 4 is 50.8 Å². The van der Waals surface area contributed by atoms with E-state index in [-0.39, 0.29) is 23.6 Å². The van der Waals surface area contributed by atoms with Crippen LogP contribution in [0.3, 0.4) is 0 Å². The SMILES string of the molecule is Cn1c(=O)c2ncn(CC(=O)NN=C[C@@H]3C(=O)Nc4ccc(Br)cc43)c2n(C)c1=O. The lowest BCUT2D eigenvalue weighted by Gasteiger charge is -2.08. The Bertz CT molecular complexity index is 1350. The maximum Gasteiger partial charge on any atom is 0.332 e. The van der Waals surface area contributed by atoms with E-state index in [1.54, 1.807) is 6.07 Å². The fourth-order valence-corrected chi connectivity index (χ4v) is 3.71. The Labute approximate surface area is 177 Å². The number of hydrazone groups is 1. The molecule has 1 atom stereocenters. The van der Waals surface area contributed by atoms with Crippen molar-refractivity contribution in [3.05, 3.63) is 55.4 Å². The van der Waals surface area contributed by atoms with Gasteiger partial charge in [-0.25, -0.2) is 15.2 Å². The molecule has 0 fully saturated rings. The van der Waals surface area contributed by atoms with Crippen LogP contribution in [0.25, 0.3) is 11.2 Å². The van der Waals surface area contributed by atoms with Gasteiger partial charge in [0.25, 0.3) is 11.5 Å². The van der Waals surface area contributed by atoms with E-state index >= 15 is 0 Å². The van der Waals surface area contributed by atoms with Gasteiger partial charge in [-0.2, -0.15) is 5.10 Å². The summed E-state index contributed by atoms with van der Waals surface area (Å²) in [6.07, 6.45) is 2.66. The minimum absolute atomic E-state index is 0.0840. The maximum atomic E-state index is 12.3. The van der Waals surface area contributed by atoms with Gasteiger partial charge in [0.2, 0.25) is 5.91 Å². The highest BCUT2D eigenvalue weighted by Crippen LogP contribution is 2.33. The number of hydrogen-bond donors (Lipinski definition) is 2. The Balaban J connectivity index is 1.52. The number of rotatable bonds is 4. The number of aryl methyl sites for hydroxylation is 1. The average molecular weight is 474 g/mol. The third-order valence-electron chi connectivity index (χ3n) is 4.82. The largest absolute Gasteiger partial charge is 0.332 e. The first-order chi connectivity index (χ1) is 14.3. The van der Waals surface area contributed by atoms with Crippen molar-refractivity contribution in [1.29, 1.82) is 0 Å². The Hall–Kier alpha value is -3.54. The Morgan fingerprint density at radius 1 is 1.30 bits per heavy atom. The lowest BCUT2D eigenvalue weighted by molar-refractivity contribution is -0.121. The van der Waals surface area contributed by atoms with Crippen LogP contribution < -0.4 is 22.0 Å². The molecule has 3 aromatic rings. The van der Waals surface area contributed by atoms with E-state index in [4.69, 9.17) is 0 Å². The van der Waals surface area contributed by atoms with Crippen molar-refractivity contribution in [2.75, 3.05) is 5.32 Å². The minimum atomic E-state index is -0.629. The van der Waals surface area contributed by atoms with Crippen LogP contribution in [-0.4, -0.2) is 36.7 Å². The van der Waals surface area contributed by atoms with Gasteiger partial charge >= 0.3 is 5.69 Å². The average Bonchev–Trinajstić information content (AvgIpc) is 3.26. The van der Waals surface area contributed by atoms with Crippen LogP contribution in [0.4, 0.5) is 5.69 Å². The van der Waals surface area contributed by atoms with E-state index in [9.17, 15) is 19.2 Å². The number of aromatic nitrogens is 4. The molecule has 1 aromatic carbocycles. The van der Waals surface area contributed by atoms with Crippen molar-refractivity contribution < 1.29 is 9.59 Å². The number of anilines is 1. The summed E-state index contributed by atoms with van der Waals surface area (Å²) in [6.45, 7) is -0.215. The van der Waals surface area contributed by atoms with Crippen molar-refractivity contribution in [2.45, 2.75) is 12.5 Å². The zero-order chi connectivity index (χ0) is 21.6. The number of nitrogens with one attached hydrogen (secondary N) is 2.